The summed E-state index contributed by atoms with van der Waals surface area (Å²) in [7, 11) is -3.63. The van der Waals surface area contributed by atoms with Gasteiger partial charge in [-0.2, -0.15) is 4.98 Å². The summed E-state index contributed by atoms with van der Waals surface area (Å²) in [6, 6.07) is 9.80. The second kappa shape index (κ2) is 8.69. The summed E-state index contributed by atoms with van der Waals surface area (Å²) in [5, 5.41) is 6.00. The Morgan fingerprint density at radius 3 is 2.76 bits per heavy atom. The molecule has 0 radical (unpaired) electrons. The van der Waals surface area contributed by atoms with Gasteiger partial charge < -0.3 is 9.42 Å². The summed E-state index contributed by atoms with van der Waals surface area (Å²) in [6.07, 6.45) is 0. The van der Waals surface area contributed by atoms with Crippen LogP contribution in [0, 0.1) is 0 Å². The lowest BCUT2D eigenvalue weighted by Gasteiger charge is -2.34. The molecule has 3 aromatic rings. The highest BCUT2D eigenvalue weighted by Gasteiger charge is 2.32. The number of amides is 1. The van der Waals surface area contributed by atoms with Gasteiger partial charge in [0.05, 0.1) is 16.3 Å². The highest BCUT2D eigenvalue weighted by Crippen LogP contribution is 2.23. The second-order valence-electron chi connectivity index (χ2n) is 7.85. The number of nitrogens with one attached hydrogen (secondary N) is 1. The lowest BCUT2D eigenvalue weighted by molar-refractivity contribution is -0.133. The molecular weight excluding hydrogens is 464 g/mol. The third-order valence-electron chi connectivity index (χ3n) is 5.60. The van der Waals surface area contributed by atoms with E-state index in [1.807, 2.05) is 17.5 Å². The molecule has 172 valence electrons. The van der Waals surface area contributed by atoms with Crippen molar-refractivity contribution in [2.24, 2.45) is 4.99 Å². The van der Waals surface area contributed by atoms with Gasteiger partial charge in [0.25, 0.3) is 10.0 Å². The van der Waals surface area contributed by atoms with Crippen LogP contribution in [0.2, 0.25) is 0 Å². The standard InChI is InChI=1S/C21H22N6O4S2/c1-14(22-19-15-5-2-3-7-17(15)33(29,30)25-19)21(28)27-10-8-26(9-11-27)13-18-23-20(24-31-18)16-6-4-12-32-16/h2-7,12,14H,8-11,13H2,1H3,(H,22,25)/t14-/m0/s1. The number of carbonyl (C=O) groups is 1. The summed E-state index contributed by atoms with van der Waals surface area (Å²) in [4.78, 5) is 26.8. The predicted molar refractivity (Wildman–Crippen MR) is 122 cm³/mol. The molecule has 0 saturated carbocycles. The first kappa shape index (κ1) is 21.7. The number of fused-ring (bicyclic) bond motifs is 1. The SMILES string of the molecule is C[C@H](N=C1NS(=O)(=O)c2ccccc21)C(=O)N1CCN(Cc2nc(-c3cccs3)no2)CC1. The monoisotopic (exact) mass is 486 g/mol. The molecule has 12 heteroatoms. The first-order chi connectivity index (χ1) is 15.9. The van der Waals surface area contributed by atoms with Crippen molar-refractivity contribution in [3.8, 4) is 10.7 Å². The molecule has 0 unspecified atom stereocenters. The average molecular weight is 487 g/mol. The second-order valence-corrected chi connectivity index (χ2v) is 10.4. The zero-order chi connectivity index (χ0) is 23.0. The first-order valence-corrected chi connectivity index (χ1v) is 12.8. The van der Waals surface area contributed by atoms with Crippen LogP contribution in [0.1, 0.15) is 18.4 Å². The smallest absolute Gasteiger partial charge is 0.263 e. The zero-order valence-corrected chi connectivity index (χ0v) is 19.5. The maximum Gasteiger partial charge on any atom is 0.263 e. The molecule has 1 atom stereocenters. The van der Waals surface area contributed by atoms with Crippen molar-refractivity contribution in [1.82, 2.24) is 24.7 Å². The number of benzene rings is 1. The summed E-state index contributed by atoms with van der Waals surface area (Å²) in [6.45, 7) is 4.63. The van der Waals surface area contributed by atoms with Gasteiger partial charge in [-0.05, 0) is 30.5 Å². The van der Waals surface area contributed by atoms with Crippen LogP contribution in [0.15, 0.2) is 56.2 Å². The van der Waals surface area contributed by atoms with Crippen molar-refractivity contribution in [3.05, 3.63) is 53.2 Å². The van der Waals surface area contributed by atoms with Crippen molar-refractivity contribution >= 4 is 33.1 Å². The van der Waals surface area contributed by atoms with E-state index < -0.39 is 16.1 Å². The van der Waals surface area contributed by atoms with Crippen LogP contribution in [0.3, 0.4) is 0 Å². The largest absolute Gasteiger partial charge is 0.338 e. The number of hydrogen-bond donors (Lipinski definition) is 1. The Labute approximate surface area is 195 Å². The minimum Gasteiger partial charge on any atom is -0.338 e. The topological polar surface area (TPSA) is 121 Å². The van der Waals surface area contributed by atoms with Gasteiger partial charge >= 0.3 is 0 Å². The van der Waals surface area contributed by atoms with Crippen molar-refractivity contribution in [3.63, 3.8) is 0 Å². The fraction of sp³-hybridized carbons (Fsp3) is 0.333. The fourth-order valence-electron chi connectivity index (χ4n) is 3.89. The molecule has 1 fully saturated rings. The molecule has 10 nitrogen and oxygen atoms in total. The number of amidine groups is 1. The summed E-state index contributed by atoms with van der Waals surface area (Å²) >= 11 is 1.56. The number of thiophene rings is 1. The van der Waals surface area contributed by atoms with Gasteiger partial charge in [-0.1, -0.05) is 23.4 Å². The third-order valence-corrected chi connectivity index (χ3v) is 7.86. The van der Waals surface area contributed by atoms with E-state index in [4.69, 9.17) is 4.52 Å². The van der Waals surface area contributed by atoms with E-state index in [0.717, 1.165) is 4.88 Å². The number of nitrogens with zero attached hydrogens (tertiary/aromatic N) is 5. The van der Waals surface area contributed by atoms with Crippen LogP contribution < -0.4 is 4.72 Å². The number of carbonyl (C=O) groups excluding carboxylic acids is 1. The third kappa shape index (κ3) is 4.41. The van der Waals surface area contributed by atoms with Crippen molar-refractivity contribution in [1.29, 1.82) is 0 Å². The summed E-state index contributed by atoms with van der Waals surface area (Å²) < 4.78 is 32.3. The van der Waals surface area contributed by atoms with E-state index in [0.29, 0.717) is 50.0 Å². The Morgan fingerprint density at radius 2 is 2.00 bits per heavy atom. The minimum absolute atomic E-state index is 0.136. The minimum atomic E-state index is -3.63. The molecule has 2 aliphatic heterocycles. The van der Waals surface area contributed by atoms with E-state index in [9.17, 15) is 13.2 Å². The summed E-state index contributed by atoms with van der Waals surface area (Å²) in [5.74, 6) is 1.21. The maximum absolute atomic E-state index is 12.9. The molecule has 1 N–H and O–H groups in total. The molecule has 4 heterocycles. The molecule has 1 aromatic carbocycles. The van der Waals surface area contributed by atoms with Gasteiger partial charge in [0.2, 0.25) is 17.6 Å². The highest BCUT2D eigenvalue weighted by molar-refractivity contribution is 7.90. The Morgan fingerprint density at radius 1 is 1.21 bits per heavy atom. The lowest BCUT2D eigenvalue weighted by atomic mass is 10.2. The van der Waals surface area contributed by atoms with E-state index in [1.54, 1.807) is 41.4 Å². The predicted octanol–water partition coefficient (Wildman–Crippen LogP) is 1.57. The van der Waals surface area contributed by atoms with E-state index in [1.165, 1.54) is 6.07 Å². The summed E-state index contributed by atoms with van der Waals surface area (Å²) in [5.41, 5.74) is 0.489. The number of rotatable bonds is 5. The van der Waals surface area contributed by atoms with E-state index >= 15 is 0 Å². The quantitative estimate of drug-likeness (QED) is 0.581. The normalized spacial score (nSPS) is 19.9. The number of piperazine rings is 1. The Balaban J connectivity index is 1.18. The van der Waals surface area contributed by atoms with Crippen molar-refractivity contribution in [2.45, 2.75) is 24.4 Å². The highest BCUT2D eigenvalue weighted by atomic mass is 32.2. The van der Waals surface area contributed by atoms with Crippen molar-refractivity contribution in [2.75, 3.05) is 26.2 Å². The van der Waals surface area contributed by atoms with Gasteiger partial charge in [0.1, 0.15) is 11.9 Å². The molecule has 0 bridgehead atoms. The molecule has 33 heavy (non-hydrogen) atoms. The molecule has 1 amide bonds. The lowest BCUT2D eigenvalue weighted by Crippen LogP contribution is -2.50. The first-order valence-electron chi connectivity index (χ1n) is 10.5. The molecule has 2 aliphatic rings. The van der Waals surface area contributed by atoms with Crippen LogP contribution in [0.4, 0.5) is 0 Å². The van der Waals surface area contributed by atoms with Gasteiger partial charge in [-0.25, -0.2) is 8.42 Å². The van der Waals surface area contributed by atoms with Crippen molar-refractivity contribution < 1.29 is 17.7 Å². The van der Waals surface area contributed by atoms with Crippen LogP contribution in [0.5, 0.6) is 0 Å². The molecule has 1 saturated heterocycles. The molecular formula is C21H22N6O4S2. The average Bonchev–Trinajstić information content (AvgIpc) is 3.55. The molecule has 5 rings (SSSR count). The maximum atomic E-state index is 12.9. The van der Waals surface area contributed by atoms with Crippen LogP contribution in [0.25, 0.3) is 10.7 Å². The van der Waals surface area contributed by atoms with Crippen LogP contribution in [-0.4, -0.2) is 72.3 Å². The zero-order valence-electron chi connectivity index (χ0n) is 17.8. The van der Waals surface area contributed by atoms with E-state index in [-0.39, 0.29) is 16.6 Å². The Bertz CT molecular complexity index is 1290. The Hall–Kier alpha value is -3.09. The molecule has 0 aliphatic carbocycles. The van der Waals surface area contributed by atoms with E-state index in [2.05, 4.69) is 24.8 Å². The van der Waals surface area contributed by atoms with Gasteiger partial charge in [0.15, 0.2) is 0 Å². The van der Waals surface area contributed by atoms with Gasteiger partial charge in [0, 0.05) is 31.7 Å². The van der Waals surface area contributed by atoms with Crippen LogP contribution in [-0.2, 0) is 21.4 Å². The fourth-order valence-corrected chi connectivity index (χ4v) is 5.77. The molecule has 0 spiro atoms. The van der Waals surface area contributed by atoms with Gasteiger partial charge in [-0.3, -0.25) is 19.4 Å². The van der Waals surface area contributed by atoms with Crippen LogP contribution >= 0.6 is 11.3 Å². The molecule has 2 aromatic heterocycles. The number of aromatic nitrogens is 2. The Kier molecular flexibility index (Phi) is 5.72. The van der Waals surface area contributed by atoms with Gasteiger partial charge in [-0.15, -0.1) is 11.3 Å². The number of hydrogen-bond acceptors (Lipinski definition) is 9. The number of aliphatic imine (C=N–C) groups is 1. The number of sulfonamides is 1.